The Morgan fingerprint density at radius 1 is 1.23 bits per heavy atom. The number of nitrogens with zero attached hydrogens (tertiary/aromatic N) is 4. The minimum atomic E-state index is -0.0309. The molecule has 0 saturated heterocycles. The summed E-state index contributed by atoms with van der Waals surface area (Å²) in [5, 5.41) is 0. The molecule has 0 amide bonds. The Bertz CT molecular complexity index is 684. The van der Waals surface area contributed by atoms with Gasteiger partial charge in [0.15, 0.2) is 0 Å². The fraction of sp³-hybridized carbons (Fsp3) is 0.235. The fourth-order valence-corrected chi connectivity index (χ4v) is 2.74. The second-order valence-corrected chi connectivity index (χ2v) is 6.14. The van der Waals surface area contributed by atoms with Gasteiger partial charge in [-0.2, -0.15) is 0 Å². The summed E-state index contributed by atoms with van der Waals surface area (Å²) in [7, 11) is 0. The van der Waals surface area contributed by atoms with E-state index < -0.39 is 0 Å². The third kappa shape index (κ3) is 3.43. The summed E-state index contributed by atoms with van der Waals surface area (Å²) in [6.07, 6.45) is 15.5. The standard InChI is InChI=1S/C17H17N4.Fe/c1-17(6-5-14-11-18-13-19-12-14)7-9-21-16(10-17)15-4-2-3-8-20-15;/h2-4,7-13H,5-6H2,1H3;/q-1;+1. The van der Waals surface area contributed by atoms with Gasteiger partial charge < -0.3 is 0 Å². The SMILES string of the molecule is CC1(CCc2cncnc2)C=C[N]([Fe])C(c2ccccn2)=C1. The molecule has 113 valence electrons. The first-order valence-electron chi connectivity index (χ1n) is 7.18. The molecule has 22 heavy (non-hydrogen) atoms. The van der Waals surface area contributed by atoms with E-state index >= 15 is 0 Å². The second-order valence-electron chi connectivity index (χ2n) is 5.61. The van der Waals surface area contributed by atoms with Gasteiger partial charge >= 0.3 is 139 Å². The first-order valence-corrected chi connectivity index (χ1v) is 7.67. The van der Waals surface area contributed by atoms with Gasteiger partial charge in [0, 0.05) is 0 Å². The van der Waals surface area contributed by atoms with Crippen LogP contribution in [0.2, 0.25) is 0 Å². The second kappa shape index (κ2) is 6.42. The Kier molecular flexibility index (Phi) is 4.36. The number of hydrogen-bond acceptors (Lipinski definition) is 4. The average molecular weight is 333 g/mol. The van der Waals surface area contributed by atoms with Crippen molar-refractivity contribution in [3.63, 3.8) is 0 Å². The molecule has 1 aliphatic heterocycles. The molecule has 0 N–H and O–H groups in total. The van der Waals surface area contributed by atoms with Gasteiger partial charge in [0.2, 0.25) is 0 Å². The quantitative estimate of drug-likeness (QED) is 0.806. The van der Waals surface area contributed by atoms with E-state index in [1.807, 2.05) is 40.7 Å². The Labute approximate surface area is 139 Å². The molecule has 0 saturated carbocycles. The fourth-order valence-electron chi connectivity index (χ4n) is 2.46. The number of hydrogen-bond donors (Lipinski definition) is 0. The van der Waals surface area contributed by atoms with Crippen LogP contribution in [0, 0.1) is 5.41 Å². The van der Waals surface area contributed by atoms with Gasteiger partial charge in [-0.1, -0.05) is 0 Å². The van der Waals surface area contributed by atoms with Gasteiger partial charge in [-0.05, 0) is 0 Å². The molecule has 5 heteroatoms. The molecule has 0 aromatic carbocycles. The number of aryl methyl sites for hydroxylation is 1. The van der Waals surface area contributed by atoms with Gasteiger partial charge in [-0.3, -0.25) is 0 Å². The molecule has 0 aliphatic carbocycles. The zero-order chi connectivity index (χ0) is 15.4. The Hall–Kier alpha value is -1.97. The van der Waals surface area contributed by atoms with E-state index in [0.717, 1.165) is 29.8 Å². The van der Waals surface area contributed by atoms with Crippen LogP contribution in [0.3, 0.4) is 0 Å². The first-order chi connectivity index (χ1) is 10.7. The van der Waals surface area contributed by atoms with Crippen LogP contribution in [0.1, 0.15) is 24.6 Å². The van der Waals surface area contributed by atoms with Crippen LogP contribution in [0.15, 0.2) is 61.5 Å². The molecule has 3 rings (SSSR count). The summed E-state index contributed by atoms with van der Waals surface area (Å²) in [6, 6.07) is 5.92. The van der Waals surface area contributed by atoms with Crippen molar-refractivity contribution in [1.29, 1.82) is 0 Å². The summed E-state index contributed by atoms with van der Waals surface area (Å²) in [6.45, 7) is 2.23. The molecule has 4 nitrogen and oxygen atoms in total. The van der Waals surface area contributed by atoms with Crippen molar-refractivity contribution in [2.45, 2.75) is 19.8 Å². The average Bonchev–Trinajstić information content (AvgIpc) is 2.57. The van der Waals surface area contributed by atoms with Crippen molar-refractivity contribution in [3.8, 4) is 0 Å². The number of pyridine rings is 1. The molecule has 0 radical (unpaired) electrons. The molecule has 0 spiro atoms. The van der Waals surface area contributed by atoms with Crippen LogP contribution in [-0.4, -0.2) is 18.9 Å². The topological polar surface area (TPSA) is 41.9 Å². The van der Waals surface area contributed by atoms with Crippen molar-refractivity contribution in [2.75, 3.05) is 0 Å². The predicted molar refractivity (Wildman–Crippen MR) is 81.7 cm³/mol. The zero-order valence-electron chi connectivity index (χ0n) is 12.3. The zero-order valence-corrected chi connectivity index (χ0v) is 13.4. The van der Waals surface area contributed by atoms with Crippen LogP contribution >= 0.6 is 0 Å². The van der Waals surface area contributed by atoms with Gasteiger partial charge in [0.1, 0.15) is 0 Å². The van der Waals surface area contributed by atoms with Crippen molar-refractivity contribution in [1.82, 2.24) is 18.9 Å². The maximum atomic E-state index is 4.43. The van der Waals surface area contributed by atoms with Crippen LogP contribution in [0.4, 0.5) is 0 Å². The van der Waals surface area contributed by atoms with Gasteiger partial charge in [-0.15, -0.1) is 0 Å². The summed E-state index contributed by atoms with van der Waals surface area (Å²) >= 11 is 4.06. The molecule has 2 aromatic rings. The normalized spacial score (nSPS) is 20.8. The van der Waals surface area contributed by atoms with Crippen molar-refractivity contribution < 1.29 is 16.2 Å². The van der Waals surface area contributed by atoms with Crippen molar-refractivity contribution in [3.05, 3.63) is 72.7 Å². The molecular formula is C17H17FeN4. The summed E-state index contributed by atoms with van der Waals surface area (Å²) in [5.41, 5.74) is 3.10. The molecule has 1 aliphatic rings. The summed E-state index contributed by atoms with van der Waals surface area (Å²) in [4.78, 5) is 12.6. The van der Waals surface area contributed by atoms with E-state index in [1.165, 1.54) is 0 Å². The van der Waals surface area contributed by atoms with Gasteiger partial charge in [0.05, 0.1) is 0 Å². The number of rotatable bonds is 4. The van der Waals surface area contributed by atoms with E-state index in [9.17, 15) is 0 Å². The van der Waals surface area contributed by atoms with Crippen LogP contribution < -0.4 is 0 Å². The Morgan fingerprint density at radius 3 is 2.77 bits per heavy atom. The monoisotopic (exact) mass is 333 g/mol. The van der Waals surface area contributed by atoms with E-state index in [0.29, 0.717) is 0 Å². The maximum absolute atomic E-state index is 4.43. The first kappa shape index (κ1) is 14.9. The van der Waals surface area contributed by atoms with E-state index in [1.54, 1.807) is 12.5 Å². The van der Waals surface area contributed by atoms with Crippen molar-refractivity contribution in [2.24, 2.45) is 5.41 Å². The molecule has 1 unspecified atom stereocenters. The van der Waals surface area contributed by atoms with E-state index in [-0.39, 0.29) is 5.41 Å². The third-order valence-corrected chi connectivity index (χ3v) is 4.20. The number of aromatic nitrogens is 3. The van der Waals surface area contributed by atoms with E-state index in [2.05, 4.69) is 50.3 Å². The van der Waals surface area contributed by atoms with Crippen LogP contribution in [0.5, 0.6) is 0 Å². The molecular weight excluding hydrogens is 316 g/mol. The van der Waals surface area contributed by atoms with Gasteiger partial charge in [0.25, 0.3) is 0 Å². The number of allylic oxidation sites excluding steroid dienone is 2. The third-order valence-electron chi connectivity index (χ3n) is 3.77. The van der Waals surface area contributed by atoms with E-state index in [4.69, 9.17) is 0 Å². The summed E-state index contributed by atoms with van der Waals surface area (Å²) < 4.78 is 1.87. The Balaban J connectivity index is 1.80. The Morgan fingerprint density at radius 2 is 2.05 bits per heavy atom. The molecule has 1 atom stereocenters. The van der Waals surface area contributed by atoms with Crippen molar-refractivity contribution >= 4 is 5.70 Å². The molecule has 2 aromatic heterocycles. The van der Waals surface area contributed by atoms with Crippen LogP contribution in [0.25, 0.3) is 5.70 Å². The predicted octanol–water partition coefficient (Wildman–Crippen LogP) is 3.14. The van der Waals surface area contributed by atoms with Crippen LogP contribution in [-0.2, 0) is 22.7 Å². The molecule has 0 bridgehead atoms. The summed E-state index contributed by atoms with van der Waals surface area (Å²) in [5.74, 6) is 0. The van der Waals surface area contributed by atoms with Gasteiger partial charge in [-0.25, -0.2) is 0 Å². The molecule has 3 heterocycles. The molecule has 0 fully saturated rings. The minimum absolute atomic E-state index is 0.0309.